The number of phenols is 1. The van der Waals surface area contributed by atoms with Crippen molar-refractivity contribution in [1.82, 2.24) is 14.9 Å². The molecule has 1 amide bonds. The summed E-state index contributed by atoms with van der Waals surface area (Å²) in [4.78, 5) is 23.1. The van der Waals surface area contributed by atoms with E-state index in [-0.39, 0.29) is 17.4 Å². The summed E-state index contributed by atoms with van der Waals surface area (Å²) in [5.74, 6) is 0.168. The van der Waals surface area contributed by atoms with E-state index in [4.69, 9.17) is 9.47 Å². The van der Waals surface area contributed by atoms with Crippen LogP contribution in [0.15, 0.2) is 30.7 Å². The maximum absolute atomic E-state index is 12.3. The predicted octanol–water partition coefficient (Wildman–Crippen LogP) is 4.89. The van der Waals surface area contributed by atoms with Gasteiger partial charge in [0.25, 0.3) is 0 Å². The fraction of sp³-hybridized carbons (Fsp3) is 0.522. The van der Waals surface area contributed by atoms with Gasteiger partial charge in [-0.2, -0.15) is 0 Å². The van der Waals surface area contributed by atoms with Crippen LogP contribution in [0.4, 0.5) is 4.79 Å². The number of nitrogens with zero attached hydrogens (tertiary/aromatic N) is 3. The first-order valence-corrected chi connectivity index (χ1v) is 10.5. The second kappa shape index (κ2) is 8.50. The minimum absolute atomic E-state index is 0.168. The smallest absolute Gasteiger partial charge is 0.410 e. The number of benzene rings is 1. The van der Waals surface area contributed by atoms with Gasteiger partial charge in [0.15, 0.2) is 0 Å². The molecule has 1 spiro atoms. The lowest BCUT2D eigenvalue weighted by atomic mass is 9.86. The van der Waals surface area contributed by atoms with Crippen LogP contribution in [0.5, 0.6) is 5.75 Å². The average Bonchev–Trinajstić information content (AvgIpc) is 3.11. The van der Waals surface area contributed by atoms with Crippen molar-refractivity contribution in [2.24, 2.45) is 0 Å². The summed E-state index contributed by atoms with van der Waals surface area (Å²) >= 11 is 0. The Morgan fingerprint density at radius 3 is 2.57 bits per heavy atom. The Bertz CT molecular complexity index is 941. The van der Waals surface area contributed by atoms with Crippen LogP contribution in [0, 0.1) is 0 Å². The molecule has 30 heavy (non-hydrogen) atoms. The molecule has 0 saturated carbocycles. The van der Waals surface area contributed by atoms with Gasteiger partial charge in [0.1, 0.15) is 17.0 Å². The average molecular weight is 414 g/mol. The van der Waals surface area contributed by atoms with Gasteiger partial charge in [-0.15, -0.1) is 0 Å². The van der Waals surface area contributed by atoms with Gasteiger partial charge in [-0.25, -0.2) is 9.78 Å². The van der Waals surface area contributed by atoms with Crippen molar-refractivity contribution >= 4 is 22.7 Å². The first kappa shape index (κ1) is 21.9. The minimum Gasteiger partial charge on any atom is -0.508 e. The van der Waals surface area contributed by atoms with E-state index >= 15 is 0 Å². The van der Waals surface area contributed by atoms with Crippen LogP contribution in [0.3, 0.4) is 0 Å². The summed E-state index contributed by atoms with van der Waals surface area (Å²) in [5.41, 5.74) is 2.34. The molecule has 162 valence electrons. The van der Waals surface area contributed by atoms with Gasteiger partial charge in [-0.3, -0.25) is 4.98 Å². The molecule has 1 saturated heterocycles. The Morgan fingerprint density at radius 1 is 1.20 bits per heavy atom. The molecule has 1 aromatic heterocycles. The molecule has 2 aliphatic rings. The number of piperidine rings is 1. The van der Waals surface area contributed by atoms with E-state index < -0.39 is 5.60 Å². The molecule has 0 aliphatic carbocycles. The van der Waals surface area contributed by atoms with Crippen molar-refractivity contribution in [3.63, 3.8) is 0 Å². The van der Waals surface area contributed by atoms with Crippen LogP contribution < -0.4 is 0 Å². The maximum atomic E-state index is 12.3. The van der Waals surface area contributed by atoms with Gasteiger partial charge in [-0.1, -0.05) is 13.8 Å². The highest BCUT2D eigenvalue weighted by atomic mass is 16.6. The number of carbonyl (C=O) groups excluding carboxylic acids is 1. The van der Waals surface area contributed by atoms with Gasteiger partial charge in [0.2, 0.25) is 0 Å². The Balaban J connectivity index is 0.00000124. The highest BCUT2D eigenvalue weighted by Gasteiger charge is 2.42. The second-order valence-corrected chi connectivity index (χ2v) is 8.52. The number of amides is 1. The van der Waals surface area contributed by atoms with Crippen molar-refractivity contribution in [3.8, 4) is 5.75 Å². The van der Waals surface area contributed by atoms with E-state index in [1.54, 1.807) is 35.6 Å². The molecular formula is C23H31N3O4. The standard InChI is InChI=1S/C21H25N3O4.C2H6/c1-20(2,3)28-19(26)24-8-6-21(7-9-24)11-14(13-27-21)18-12-22-16-5-4-15(25)10-17(16)23-18;1-2/h4-5,10,12-13,25H,6-9,11H2,1-3H3;1-2H3. The molecule has 0 atom stereocenters. The van der Waals surface area contributed by atoms with Crippen molar-refractivity contribution in [2.75, 3.05) is 13.1 Å². The summed E-state index contributed by atoms with van der Waals surface area (Å²) in [6, 6.07) is 4.95. The fourth-order valence-corrected chi connectivity index (χ4v) is 3.65. The molecule has 0 unspecified atom stereocenters. The number of fused-ring (bicyclic) bond motifs is 1. The Kier molecular flexibility index (Phi) is 6.19. The minimum atomic E-state index is -0.492. The Labute approximate surface area is 177 Å². The van der Waals surface area contributed by atoms with Gasteiger partial charge in [0.05, 0.1) is 29.2 Å². The maximum Gasteiger partial charge on any atom is 0.410 e. The lowest BCUT2D eigenvalue weighted by Crippen LogP contribution is -2.47. The van der Waals surface area contributed by atoms with Crippen LogP contribution in [0.2, 0.25) is 0 Å². The van der Waals surface area contributed by atoms with Gasteiger partial charge in [0, 0.05) is 44.0 Å². The third-order valence-electron chi connectivity index (χ3n) is 5.14. The van der Waals surface area contributed by atoms with E-state index in [1.807, 2.05) is 34.6 Å². The van der Waals surface area contributed by atoms with Crippen molar-refractivity contribution in [2.45, 2.75) is 65.1 Å². The molecule has 3 heterocycles. The van der Waals surface area contributed by atoms with Crippen LogP contribution in [0.1, 0.15) is 59.6 Å². The van der Waals surface area contributed by atoms with E-state index in [1.165, 1.54) is 0 Å². The number of phenolic OH excluding ortho intramolecular Hbond substituents is 1. The number of likely N-dealkylation sites (tertiary alicyclic amines) is 1. The zero-order chi connectivity index (χ0) is 21.9. The van der Waals surface area contributed by atoms with Crippen LogP contribution in [-0.2, 0) is 9.47 Å². The molecular weight excluding hydrogens is 382 g/mol. The van der Waals surface area contributed by atoms with E-state index in [0.29, 0.717) is 18.6 Å². The monoisotopic (exact) mass is 413 g/mol. The molecule has 0 radical (unpaired) electrons. The topological polar surface area (TPSA) is 84.8 Å². The Morgan fingerprint density at radius 2 is 1.90 bits per heavy atom. The summed E-state index contributed by atoms with van der Waals surface area (Å²) < 4.78 is 11.5. The number of carbonyl (C=O) groups is 1. The lowest BCUT2D eigenvalue weighted by molar-refractivity contribution is -0.0276. The van der Waals surface area contributed by atoms with Gasteiger partial charge >= 0.3 is 6.09 Å². The molecule has 1 aromatic carbocycles. The lowest BCUT2D eigenvalue weighted by Gasteiger charge is -2.39. The van der Waals surface area contributed by atoms with Gasteiger partial charge < -0.3 is 19.5 Å². The molecule has 7 heteroatoms. The Hall–Kier alpha value is -2.83. The first-order chi connectivity index (χ1) is 14.2. The number of aromatic hydroxyl groups is 1. The zero-order valence-electron chi connectivity index (χ0n) is 18.4. The van der Waals surface area contributed by atoms with Gasteiger partial charge in [-0.05, 0) is 32.9 Å². The quantitative estimate of drug-likeness (QED) is 0.716. The van der Waals surface area contributed by atoms with Crippen LogP contribution in [-0.4, -0.2) is 50.4 Å². The molecule has 1 N–H and O–H groups in total. The SMILES string of the molecule is CC.CC(C)(C)OC(=O)N1CCC2(CC1)CC(c1cnc3ccc(O)cc3n1)=CO2. The van der Waals surface area contributed by atoms with E-state index in [2.05, 4.69) is 9.97 Å². The molecule has 2 aromatic rings. The highest BCUT2D eigenvalue weighted by molar-refractivity contribution is 5.78. The van der Waals surface area contributed by atoms with Crippen molar-refractivity contribution in [1.29, 1.82) is 0 Å². The van der Waals surface area contributed by atoms with E-state index in [0.717, 1.165) is 36.0 Å². The molecule has 2 aliphatic heterocycles. The number of hydrogen-bond acceptors (Lipinski definition) is 6. The second-order valence-electron chi connectivity index (χ2n) is 8.52. The highest BCUT2D eigenvalue weighted by Crippen LogP contribution is 2.41. The fourth-order valence-electron chi connectivity index (χ4n) is 3.65. The predicted molar refractivity (Wildman–Crippen MR) is 116 cm³/mol. The summed E-state index contributed by atoms with van der Waals surface area (Å²) in [6.07, 6.45) is 5.45. The van der Waals surface area contributed by atoms with Crippen LogP contribution >= 0.6 is 0 Å². The van der Waals surface area contributed by atoms with E-state index in [9.17, 15) is 9.90 Å². The normalized spacial score (nSPS) is 17.8. The molecule has 4 rings (SSSR count). The number of ether oxygens (including phenoxy) is 2. The summed E-state index contributed by atoms with van der Waals surface area (Å²) in [7, 11) is 0. The largest absolute Gasteiger partial charge is 0.508 e. The number of rotatable bonds is 1. The number of hydrogen-bond donors (Lipinski definition) is 1. The third-order valence-corrected chi connectivity index (χ3v) is 5.14. The third kappa shape index (κ3) is 4.83. The number of aromatic nitrogens is 2. The molecule has 7 nitrogen and oxygen atoms in total. The van der Waals surface area contributed by atoms with Crippen LogP contribution in [0.25, 0.3) is 16.6 Å². The van der Waals surface area contributed by atoms with Crippen molar-refractivity contribution < 1.29 is 19.4 Å². The molecule has 1 fully saturated rings. The first-order valence-electron chi connectivity index (χ1n) is 10.5. The summed E-state index contributed by atoms with van der Waals surface area (Å²) in [5, 5.41) is 9.68. The zero-order valence-corrected chi connectivity index (χ0v) is 18.4. The summed E-state index contributed by atoms with van der Waals surface area (Å²) in [6.45, 7) is 10.8. The molecule has 0 bridgehead atoms. The van der Waals surface area contributed by atoms with Crippen molar-refractivity contribution in [3.05, 3.63) is 36.4 Å².